The predicted molar refractivity (Wildman–Crippen MR) is 75.0 cm³/mol. The third-order valence-electron chi connectivity index (χ3n) is 2.97. The lowest BCUT2D eigenvalue weighted by Gasteiger charge is -2.15. The van der Waals surface area contributed by atoms with E-state index in [-0.39, 0.29) is 12.4 Å². The molecular weight excluding hydrogens is 279 g/mol. The van der Waals surface area contributed by atoms with Crippen molar-refractivity contribution in [1.29, 1.82) is 0 Å². The number of nitrogens with one attached hydrogen (secondary N) is 1. The molecule has 2 aromatic rings. The van der Waals surface area contributed by atoms with Gasteiger partial charge in [-0.15, -0.1) is 0 Å². The van der Waals surface area contributed by atoms with Crippen molar-refractivity contribution in [3.05, 3.63) is 65.2 Å². The molecule has 5 heteroatoms. The van der Waals surface area contributed by atoms with Crippen LogP contribution in [0.5, 0.6) is 5.75 Å². The normalized spacial score (nSPS) is 11.4. The molecule has 0 spiro atoms. The molecule has 0 unspecified atom stereocenters. The minimum Gasteiger partial charge on any atom is -0.488 e. The Hall–Kier alpha value is -2.01. The van der Waals surface area contributed by atoms with E-state index in [9.17, 15) is 13.2 Å². The van der Waals surface area contributed by atoms with E-state index < -0.39 is 11.7 Å². The van der Waals surface area contributed by atoms with Crippen molar-refractivity contribution in [3.63, 3.8) is 0 Å². The molecule has 0 saturated carbocycles. The monoisotopic (exact) mass is 295 g/mol. The van der Waals surface area contributed by atoms with Crippen LogP contribution in [0.2, 0.25) is 0 Å². The van der Waals surface area contributed by atoms with Crippen LogP contribution >= 0.6 is 0 Å². The van der Waals surface area contributed by atoms with Crippen LogP contribution in [0.15, 0.2) is 48.5 Å². The number of hydrogen-bond donors (Lipinski definition) is 1. The topological polar surface area (TPSA) is 21.3 Å². The molecular formula is C16H16F3NO. The molecule has 21 heavy (non-hydrogen) atoms. The van der Waals surface area contributed by atoms with Crippen LogP contribution < -0.4 is 10.1 Å². The van der Waals surface area contributed by atoms with Gasteiger partial charge in [0.1, 0.15) is 12.4 Å². The quantitative estimate of drug-likeness (QED) is 0.900. The number of halogens is 3. The summed E-state index contributed by atoms with van der Waals surface area (Å²) in [5, 5.41) is 2.83. The zero-order valence-corrected chi connectivity index (χ0v) is 11.6. The Bertz CT molecular complexity index is 582. The van der Waals surface area contributed by atoms with Gasteiger partial charge in [0.2, 0.25) is 0 Å². The molecule has 0 radical (unpaired) electrons. The summed E-state index contributed by atoms with van der Waals surface area (Å²) in [6.45, 7) is 0.483. The molecule has 0 aliphatic heterocycles. The molecule has 0 aliphatic rings. The second kappa shape index (κ2) is 6.63. The van der Waals surface area contributed by atoms with E-state index in [2.05, 4.69) is 5.32 Å². The average molecular weight is 295 g/mol. The number of hydrogen-bond acceptors (Lipinski definition) is 2. The lowest BCUT2D eigenvalue weighted by atomic mass is 10.1. The maximum atomic E-state index is 13.1. The van der Waals surface area contributed by atoms with Gasteiger partial charge in [-0.2, -0.15) is 13.2 Å². The van der Waals surface area contributed by atoms with Gasteiger partial charge in [-0.1, -0.05) is 36.4 Å². The van der Waals surface area contributed by atoms with E-state index in [0.717, 1.165) is 11.6 Å². The molecule has 0 fully saturated rings. The van der Waals surface area contributed by atoms with E-state index in [1.54, 1.807) is 13.1 Å². The smallest absolute Gasteiger partial charge is 0.419 e. The van der Waals surface area contributed by atoms with E-state index in [1.165, 1.54) is 6.07 Å². The first-order chi connectivity index (χ1) is 10.0. The fraction of sp³-hybridized carbons (Fsp3) is 0.250. The number of ether oxygens (including phenoxy) is 1. The van der Waals surface area contributed by atoms with Crippen molar-refractivity contribution in [2.75, 3.05) is 7.05 Å². The summed E-state index contributed by atoms with van der Waals surface area (Å²) < 4.78 is 44.6. The zero-order chi connectivity index (χ0) is 15.3. The van der Waals surface area contributed by atoms with Crippen molar-refractivity contribution in [3.8, 4) is 5.75 Å². The molecule has 2 nitrogen and oxygen atoms in total. The Kier molecular flexibility index (Phi) is 4.85. The van der Waals surface area contributed by atoms with Gasteiger partial charge in [-0.3, -0.25) is 0 Å². The van der Waals surface area contributed by atoms with Crippen LogP contribution in [0.1, 0.15) is 16.7 Å². The van der Waals surface area contributed by atoms with Gasteiger partial charge < -0.3 is 10.1 Å². The predicted octanol–water partition coefficient (Wildman–Crippen LogP) is 4.00. The Morgan fingerprint density at radius 3 is 2.33 bits per heavy atom. The molecule has 0 bridgehead atoms. The Balaban J connectivity index is 2.21. The maximum absolute atomic E-state index is 13.1. The molecule has 0 aromatic heterocycles. The SMILES string of the molecule is CNCc1ccc(OCc2ccccc2)c(C(F)(F)F)c1. The summed E-state index contributed by atoms with van der Waals surface area (Å²) in [5.41, 5.74) is 0.646. The van der Waals surface area contributed by atoms with Crippen LogP contribution in [0.25, 0.3) is 0 Å². The summed E-state index contributed by atoms with van der Waals surface area (Å²) in [5.74, 6) is -0.147. The summed E-state index contributed by atoms with van der Waals surface area (Å²) in [6.07, 6.45) is -4.43. The molecule has 0 amide bonds. The van der Waals surface area contributed by atoms with E-state index in [0.29, 0.717) is 12.1 Å². The molecule has 0 atom stereocenters. The molecule has 1 N–H and O–H groups in total. The third kappa shape index (κ3) is 4.23. The van der Waals surface area contributed by atoms with Gasteiger partial charge in [-0.05, 0) is 30.3 Å². The first-order valence-electron chi connectivity index (χ1n) is 6.52. The fourth-order valence-electron chi connectivity index (χ4n) is 1.97. The highest BCUT2D eigenvalue weighted by molar-refractivity contribution is 5.39. The largest absolute Gasteiger partial charge is 0.488 e. The van der Waals surface area contributed by atoms with Gasteiger partial charge >= 0.3 is 6.18 Å². The Morgan fingerprint density at radius 2 is 1.71 bits per heavy atom. The van der Waals surface area contributed by atoms with Crippen molar-refractivity contribution in [2.45, 2.75) is 19.3 Å². The van der Waals surface area contributed by atoms with Crippen LogP contribution in [0.3, 0.4) is 0 Å². The minimum absolute atomic E-state index is 0.106. The van der Waals surface area contributed by atoms with Gasteiger partial charge in [0.25, 0.3) is 0 Å². The van der Waals surface area contributed by atoms with Crippen LogP contribution in [-0.4, -0.2) is 7.05 Å². The van der Waals surface area contributed by atoms with Gasteiger partial charge in [0, 0.05) is 6.54 Å². The molecule has 0 heterocycles. The number of rotatable bonds is 5. The third-order valence-corrected chi connectivity index (χ3v) is 2.97. The number of alkyl halides is 3. The molecule has 0 aliphatic carbocycles. The van der Waals surface area contributed by atoms with Crippen LogP contribution in [0.4, 0.5) is 13.2 Å². The first kappa shape index (κ1) is 15.4. The van der Waals surface area contributed by atoms with E-state index >= 15 is 0 Å². The Morgan fingerprint density at radius 1 is 1.00 bits per heavy atom. The van der Waals surface area contributed by atoms with E-state index in [4.69, 9.17) is 4.74 Å². The van der Waals surface area contributed by atoms with Crippen LogP contribution in [-0.2, 0) is 19.3 Å². The van der Waals surface area contributed by atoms with E-state index in [1.807, 2.05) is 30.3 Å². The van der Waals surface area contributed by atoms with Gasteiger partial charge in [0.15, 0.2) is 0 Å². The zero-order valence-electron chi connectivity index (χ0n) is 11.6. The van der Waals surface area contributed by atoms with Crippen molar-refractivity contribution >= 4 is 0 Å². The second-order valence-corrected chi connectivity index (χ2v) is 4.63. The first-order valence-corrected chi connectivity index (χ1v) is 6.52. The maximum Gasteiger partial charge on any atom is 0.419 e. The average Bonchev–Trinajstić information content (AvgIpc) is 2.46. The standard InChI is InChI=1S/C16H16F3NO/c1-20-10-13-7-8-15(14(9-13)16(17,18)19)21-11-12-5-3-2-4-6-12/h2-9,20H,10-11H2,1H3. The Labute approximate surface area is 121 Å². The lowest BCUT2D eigenvalue weighted by Crippen LogP contribution is -2.11. The van der Waals surface area contributed by atoms with Crippen molar-refractivity contribution < 1.29 is 17.9 Å². The second-order valence-electron chi connectivity index (χ2n) is 4.63. The molecule has 2 aromatic carbocycles. The van der Waals surface area contributed by atoms with Crippen molar-refractivity contribution in [2.24, 2.45) is 0 Å². The highest BCUT2D eigenvalue weighted by atomic mass is 19.4. The van der Waals surface area contributed by atoms with Gasteiger partial charge in [-0.25, -0.2) is 0 Å². The number of benzene rings is 2. The highest BCUT2D eigenvalue weighted by Crippen LogP contribution is 2.37. The summed E-state index contributed by atoms with van der Waals surface area (Å²) in [4.78, 5) is 0. The fourth-order valence-corrected chi connectivity index (χ4v) is 1.97. The molecule has 112 valence electrons. The lowest BCUT2D eigenvalue weighted by molar-refractivity contribution is -0.139. The highest BCUT2D eigenvalue weighted by Gasteiger charge is 2.34. The van der Waals surface area contributed by atoms with Gasteiger partial charge in [0.05, 0.1) is 5.56 Å². The van der Waals surface area contributed by atoms with Crippen LogP contribution in [0, 0.1) is 0 Å². The minimum atomic E-state index is -4.43. The molecule has 2 rings (SSSR count). The summed E-state index contributed by atoms with van der Waals surface area (Å²) in [6, 6.07) is 13.2. The molecule has 0 saturated heterocycles. The summed E-state index contributed by atoms with van der Waals surface area (Å²) >= 11 is 0. The summed E-state index contributed by atoms with van der Waals surface area (Å²) in [7, 11) is 1.69. The van der Waals surface area contributed by atoms with Crippen molar-refractivity contribution in [1.82, 2.24) is 5.32 Å².